The molecule has 112 valence electrons. The molecule has 0 amide bonds. The summed E-state index contributed by atoms with van der Waals surface area (Å²) >= 11 is 0. The van der Waals surface area contributed by atoms with E-state index in [1.165, 1.54) is 11.1 Å². The lowest BCUT2D eigenvalue weighted by Gasteiger charge is -2.17. The molecule has 0 aromatic heterocycles. The van der Waals surface area contributed by atoms with Gasteiger partial charge in [-0.25, -0.2) is 0 Å². The van der Waals surface area contributed by atoms with E-state index in [0.29, 0.717) is 0 Å². The third kappa shape index (κ3) is 6.97. The third-order valence-electron chi connectivity index (χ3n) is 2.98. The highest BCUT2D eigenvalue weighted by Crippen LogP contribution is 2.18. The quantitative estimate of drug-likeness (QED) is 0.704. The molecule has 0 saturated carbocycles. The molecule has 1 rings (SSSR count). The highest BCUT2D eigenvalue weighted by molar-refractivity contribution is 5.64. The maximum absolute atomic E-state index is 4.05. The second-order valence-corrected chi connectivity index (χ2v) is 6.56. The molecule has 0 N–H and O–H groups in total. The van der Waals surface area contributed by atoms with Crippen LogP contribution in [0, 0.1) is 17.3 Å². The number of benzene rings is 1. The van der Waals surface area contributed by atoms with Crippen LogP contribution in [-0.4, -0.2) is 18.5 Å². The summed E-state index contributed by atoms with van der Waals surface area (Å²) in [6, 6.07) is 8.45. The molecule has 0 aliphatic carbocycles. The number of hydrogen-bond donors (Lipinski definition) is 0. The van der Waals surface area contributed by atoms with E-state index in [9.17, 15) is 0 Å². The first-order valence-corrected chi connectivity index (χ1v) is 7.39. The zero-order valence-corrected chi connectivity index (χ0v) is 14.0. The molecule has 0 aliphatic rings. The first-order valence-electron chi connectivity index (χ1n) is 7.39. The third-order valence-corrected chi connectivity index (χ3v) is 2.98. The van der Waals surface area contributed by atoms with Gasteiger partial charge in [0.15, 0.2) is 0 Å². The maximum atomic E-state index is 4.05. The van der Waals surface area contributed by atoms with Crippen molar-refractivity contribution in [2.24, 2.45) is 5.41 Å². The normalized spacial score (nSPS) is 11.5. The van der Waals surface area contributed by atoms with Crippen LogP contribution in [0.5, 0.6) is 0 Å². The number of likely N-dealkylation sites (N-methyl/N-ethyl adjacent to an activating group) is 1. The molecular weight excluding hydrogens is 254 g/mol. The van der Waals surface area contributed by atoms with E-state index in [0.717, 1.165) is 18.7 Å². The van der Waals surface area contributed by atoms with Crippen molar-refractivity contribution < 1.29 is 0 Å². The molecule has 0 radical (unpaired) electrons. The number of hydrogen-bond acceptors (Lipinski definition) is 1. The molecule has 0 unspecified atom stereocenters. The van der Waals surface area contributed by atoms with Gasteiger partial charge < -0.3 is 0 Å². The lowest BCUT2D eigenvalue weighted by atomic mass is 9.98. The van der Waals surface area contributed by atoms with Gasteiger partial charge in [-0.15, -0.1) is 0 Å². The van der Waals surface area contributed by atoms with Crippen LogP contribution in [0.25, 0.3) is 5.57 Å². The molecule has 1 heteroatoms. The minimum atomic E-state index is 0.0661. The van der Waals surface area contributed by atoms with Crippen LogP contribution in [0.15, 0.2) is 43.0 Å². The van der Waals surface area contributed by atoms with Gasteiger partial charge in [0, 0.05) is 18.5 Å². The van der Waals surface area contributed by atoms with Crippen molar-refractivity contribution in [1.82, 2.24) is 4.90 Å². The van der Waals surface area contributed by atoms with Crippen LogP contribution in [-0.2, 0) is 6.54 Å². The van der Waals surface area contributed by atoms with E-state index in [4.69, 9.17) is 0 Å². The van der Waals surface area contributed by atoms with E-state index in [2.05, 4.69) is 88.4 Å². The van der Waals surface area contributed by atoms with Crippen molar-refractivity contribution in [2.75, 3.05) is 13.6 Å². The van der Waals surface area contributed by atoms with Gasteiger partial charge in [-0.1, -0.05) is 54.3 Å². The summed E-state index contributed by atoms with van der Waals surface area (Å²) in [6.07, 6.45) is 4.06. The van der Waals surface area contributed by atoms with Gasteiger partial charge in [0.2, 0.25) is 0 Å². The molecule has 21 heavy (non-hydrogen) atoms. The Labute approximate surface area is 130 Å². The SMILES string of the molecule is C=C(C)c1ccccc1CN(C)C/C=C/C#CC(C)(C)C. The molecule has 1 aromatic carbocycles. The summed E-state index contributed by atoms with van der Waals surface area (Å²) in [5.74, 6) is 6.31. The average Bonchev–Trinajstić information content (AvgIpc) is 2.37. The van der Waals surface area contributed by atoms with Crippen LogP contribution < -0.4 is 0 Å². The van der Waals surface area contributed by atoms with Gasteiger partial charge in [0.25, 0.3) is 0 Å². The van der Waals surface area contributed by atoms with Crippen molar-refractivity contribution in [2.45, 2.75) is 34.2 Å². The molecule has 0 aliphatic heterocycles. The second-order valence-electron chi connectivity index (χ2n) is 6.56. The van der Waals surface area contributed by atoms with E-state index in [-0.39, 0.29) is 5.41 Å². The van der Waals surface area contributed by atoms with E-state index < -0.39 is 0 Å². The van der Waals surface area contributed by atoms with Gasteiger partial charge in [-0.3, -0.25) is 4.90 Å². The van der Waals surface area contributed by atoms with E-state index >= 15 is 0 Å². The van der Waals surface area contributed by atoms with Crippen molar-refractivity contribution in [3.8, 4) is 11.8 Å². The summed E-state index contributed by atoms with van der Waals surface area (Å²) in [5.41, 5.74) is 3.75. The van der Waals surface area contributed by atoms with Crippen molar-refractivity contribution >= 4 is 5.57 Å². The molecule has 0 fully saturated rings. The van der Waals surface area contributed by atoms with Crippen LogP contribution in [0.2, 0.25) is 0 Å². The Balaban J connectivity index is 2.58. The lowest BCUT2D eigenvalue weighted by Crippen LogP contribution is -2.18. The van der Waals surface area contributed by atoms with Gasteiger partial charge in [0.1, 0.15) is 0 Å². The fourth-order valence-corrected chi connectivity index (χ4v) is 1.98. The number of rotatable bonds is 5. The minimum Gasteiger partial charge on any atom is -0.298 e. The average molecular weight is 281 g/mol. The summed E-state index contributed by atoms with van der Waals surface area (Å²) < 4.78 is 0. The topological polar surface area (TPSA) is 3.24 Å². The summed E-state index contributed by atoms with van der Waals surface area (Å²) in [7, 11) is 2.12. The van der Waals surface area contributed by atoms with Gasteiger partial charge in [-0.2, -0.15) is 0 Å². The van der Waals surface area contributed by atoms with Crippen LogP contribution in [0.3, 0.4) is 0 Å². The van der Waals surface area contributed by atoms with Crippen LogP contribution >= 0.6 is 0 Å². The van der Waals surface area contributed by atoms with Crippen LogP contribution in [0.4, 0.5) is 0 Å². The Kier molecular flexibility index (Phi) is 6.46. The molecule has 1 nitrogen and oxygen atoms in total. The van der Waals surface area contributed by atoms with Gasteiger partial charge in [-0.05, 0) is 51.9 Å². The first-order chi connectivity index (χ1) is 9.79. The Morgan fingerprint density at radius 2 is 1.95 bits per heavy atom. The summed E-state index contributed by atoms with van der Waals surface area (Å²) in [5, 5.41) is 0. The van der Waals surface area contributed by atoms with E-state index in [1.54, 1.807) is 0 Å². The highest BCUT2D eigenvalue weighted by Gasteiger charge is 2.05. The summed E-state index contributed by atoms with van der Waals surface area (Å²) in [4.78, 5) is 2.27. The molecule has 0 atom stereocenters. The van der Waals surface area contributed by atoms with Gasteiger partial charge >= 0.3 is 0 Å². The van der Waals surface area contributed by atoms with Gasteiger partial charge in [0.05, 0.1) is 0 Å². The standard InChI is InChI=1S/C20H27N/c1-17(2)19-13-9-8-12-18(19)16-21(6)15-11-7-10-14-20(3,4)5/h7-9,11-13H,1,15-16H2,2-6H3/b11-7+. The number of allylic oxidation sites excluding steroid dienone is 2. The van der Waals surface area contributed by atoms with Crippen LogP contribution in [0.1, 0.15) is 38.8 Å². The molecule has 1 aromatic rings. The zero-order chi connectivity index (χ0) is 15.9. The Morgan fingerprint density at radius 3 is 2.57 bits per heavy atom. The molecule has 0 heterocycles. The fraction of sp³-hybridized carbons (Fsp3) is 0.400. The van der Waals surface area contributed by atoms with Crippen molar-refractivity contribution in [3.63, 3.8) is 0 Å². The molecule has 0 saturated heterocycles. The Hall–Kier alpha value is -1.78. The predicted molar refractivity (Wildman–Crippen MR) is 93.9 cm³/mol. The number of nitrogens with zero attached hydrogens (tertiary/aromatic N) is 1. The summed E-state index contributed by atoms with van der Waals surface area (Å²) in [6.45, 7) is 14.3. The fourth-order valence-electron chi connectivity index (χ4n) is 1.98. The highest BCUT2D eigenvalue weighted by atomic mass is 15.1. The van der Waals surface area contributed by atoms with Crippen molar-refractivity contribution in [3.05, 3.63) is 54.1 Å². The Bertz CT molecular complexity index is 561. The first kappa shape index (κ1) is 17.3. The van der Waals surface area contributed by atoms with Crippen molar-refractivity contribution in [1.29, 1.82) is 0 Å². The second kappa shape index (κ2) is 7.86. The largest absolute Gasteiger partial charge is 0.298 e. The molecule has 0 bridgehead atoms. The predicted octanol–water partition coefficient (Wildman–Crippen LogP) is 4.76. The Morgan fingerprint density at radius 1 is 1.29 bits per heavy atom. The smallest absolute Gasteiger partial charge is 0.0240 e. The minimum absolute atomic E-state index is 0.0661. The molecule has 0 spiro atoms. The molecular formula is C20H27N. The zero-order valence-electron chi connectivity index (χ0n) is 14.0. The van der Waals surface area contributed by atoms with E-state index in [1.807, 2.05) is 6.08 Å². The monoisotopic (exact) mass is 281 g/mol. The lowest BCUT2D eigenvalue weighted by molar-refractivity contribution is 0.363. The maximum Gasteiger partial charge on any atom is 0.0240 e.